The molecule has 2 heterocycles. The first-order valence-corrected chi connectivity index (χ1v) is 10.5. The van der Waals surface area contributed by atoms with E-state index in [1.807, 2.05) is 23.1 Å². The monoisotopic (exact) mass is 371 g/mol. The van der Waals surface area contributed by atoms with E-state index in [0.29, 0.717) is 31.5 Å². The summed E-state index contributed by atoms with van der Waals surface area (Å²) in [5.74, 6) is 0.604. The van der Waals surface area contributed by atoms with Crippen molar-refractivity contribution in [2.75, 3.05) is 32.7 Å². The molecule has 3 rings (SSSR count). The number of piperidine rings is 1. The maximum Gasteiger partial charge on any atom is 0.226 e. The number of amides is 2. The lowest BCUT2D eigenvalue weighted by Gasteiger charge is -2.36. The van der Waals surface area contributed by atoms with Crippen LogP contribution >= 0.6 is 0 Å². The Balaban J connectivity index is 1.47. The topological polar surface area (TPSA) is 52.7 Å². The SMILES string of the molecule is CCCN(C(=O)C1CCN(C(=O)CCc2ccccc2)CC1)C1CCNC1. The highest BCUT2D eigenvalue weighted by Gasteiger charge is 2.33. The Morgan fingerprint density at radius 1 is 1.15 bits per heavy atom. The molecule has 2 aliphatic heterocycles. The molecule has 1 unspecified atom stereocenters. The Hall–Kier alpha value is -1.88. The lowest BCUT2D eigenvalue weighted by molar-refractivity contribution is -0.142. The van der Waals surface area contributed by atoms with E-state index in [-0.39, 0.29) is 11.8 Å². The van der Waals surface area contributed by atoms with Gasteiger partial charge >= 0.3 is 0 Å². The third kappa shape index (κ3) is 5.32. The van der Waals surface area contributed by atoms with Crippen molar-refractivity contribution in [3.63, 3.8) is 0 Å². The number of nitrogens with one attached hydrogen (secondary N) is 1. The minimum atomic E-state index is 0.0790. The molecule has 1 N–H and O–H groups in total. The van der Waals surface area contributed by atoms with Crippen molar-refractivity contribution < 1.29 is 9.59 Å². The summed E-state index contributed by atoms with van der Waals surface area (Å²) in [6, 6.07) is 10.5. The quantitative estimate of drug-likeness (QED) is 0.801. The molecule has 2 saturated heterocycles. The Kier molecular flexibility index (Phi) is 7.27. The predicted molar refractivity (Wildman–Crippen MR) is 107 cm³/mol. The third-order valence-electron chi connectivity index (χ3n) is 5.89. The van der Waals surface area contributed by atoms with E-state index < -0.39 is 0 Å². The van der Waals surface area contributed by atoms with Crippen LogP contribution in [-0.2, 0) is 16.0 Å². The van der Waals surface area contributed by atoms with Gasteiger partial charge in [-0.05, 0) is 44.2 Å². The highest BCUT2D eigenvalue weighted by molar-refractivity contribution is 5.80. The number of hydrogen-bond donors (Lipinski definition) is 1. The molecule has 27 heavy (non-hydrogen) atoms. The first-order chi connectivity index (χ1) is 13.2. The molecule has 0 bridgehead atoms. The second kappa shape index (κ2) is 9.88. The smallest absolute Gasteiger partial charge is 0.226 e. The van der Waals surface area contributed by atoms with Gasteiger partial charge in [0, 0.05) is 44.6 Å². The minimum absolute atomic E-state index is 0.0790. The van der Waals surface area contributed by atoms with Crippen LogP contribution in [0.2, 0.25) is 0 Å². The zero-order valence-electron chi connectivity index (χ0n) is 16.5. The maximum atomic E-state index is 13.1. The van der Waals surface area contributed by atoms with Crippen molar-refractivity contribution in [3.8, 4) is 0 Å². The molecule has 0 aromatic heterocycles. The molecule has 1 atom stereocenters. The van der Waals surface area contributed by atoms with Crippen molar-refractivity contribution in [1.29, 1.82) is 0 Å². The lowest BCUT2D eigenvalue weighted by atomic mass is 9.94. The fourth-order valence-corrected chi connectivity index (χ4v) is 4.28. The van der Waals surface area contributed by atoms with Gasteiger partial charge in [0.2, 0.25) is 11.8 Å². The number of aryl methyl sites for hydroxylation is 1. The molecule has 2 fully saturated rings. The maximum absolute atomic E-state index is 13.1. The van der Waals surface area contributed by atoms with Gasteiger partial charge in [-0.1, -0.05) is 37.3 Å². The minimum Gasteiger partial charge on any atom is -0.343 e. The van der Waals surface area contributed by atoms with Gasteiger partial charge in [0.05, 0.1) is 0 Å². The van der Waals surface area contributed by atoms with Gasteiger partial charge in [0.25, 0.3) is 0 Å². The fourth-order valence-electron chi connectivity index (χ4n) is 4.28. The number of nitrogens with zero attached hydrogens (tertiary/aromatic N) is 2. The second-order valence-corrected chi connectivity index (χ2v) is 7.82. The van der Waals surface area contributed by atoms with Crippen LogP contribution < -0.4 is 5.32 Å². The van der Waals surface area contributed by atoms with Crippen molar-refractivity contribution in [2.45, 2.75) is 51.5 Å². The van der Waals surface area contributed by atoms with Gasteiger partial charge in [-0.25, -0.2) is 0 Å². The summed E-state index contributed by atoms with van der Waals surface area (Å²) in [5, 5.41) is 3.37. The lowest BCUT2D eigenvalue weighted by Crippen LogP contribution is -2.48. The molecule has 0 radical (unpaired) electrons. The van der Waals surface area contributed by atoms with Gasteiger partial charge < -0.3 is 15.1 Å². The average molecular weight is 372 g/mol. The molecule has 0 saturated carbocycles. The number of carbonyl (C=O) groups is 2. The van der Waals surface area contributed by atoms with E-state index in [9.17, 15) is 9.59 Å². The molecule has 0 spiro atoms. The number of rotatable bonds is 7. The molecule has 5 heteroatoms. The zero-order chi connectivity index (χ0) is 19.1. The average Bonchev–Trinajstić information content (AvgIpc) is 3.25. The Morgan fingerprint density at radius 3 is 2.52 bits per heavy atom. The summed E-state index contributed by atoms with van der Waals surface area (Å²) in [6.07, 6.45) is 5.00. The van der Waals surface area contributed by atoms with Gasteiger partial charge in [-0.15, -0.1) is 0 Å². The molecule has 0 aliphatic carbocycles. The fraction of sp³-hybridized carbons (Fsp3) is 0.636. The largest absolute Gasteiger partial charge is 0.343 e. The van der Waals surface area contributed by atoms with Crippen LogP contribution in [0, 0.1) is 5.92 Å². The van der Waals surface area contributed by atoms with E-state index >= 15 is 0 Å². The Labute approximate surface area is 163 Å². The number of hydrogen-bond acceptors (Lipinski definition) is 3. The molecule has 2 aliphatic rings. The molecule has 1 aromatic rings. The first kappa shape index (κ1) is 19.9. The number of likely N-dealkylation sites (tertiary alicyclic amines) is 1. The van der Waals surface area contributed by atoms with Gasteiger partial charge in [-0.2, -0.15) is 0 Å². The van der Waals surface area contributed by atoms with Gasteiger partial charge in [0.15, 0.2) is 0 Å². The Morgan fingerprint density at radius 2 is 1.89 bits per heavy atom. The molecular weight excluding hydrogens is 338 g/mol. The van der Waals surface area contributed by atoms with Crippen LogP contribution in [-0.4, -0.2) is 60.4 Å². The van der Waals surface area contributed by atoms with Crippen LogP contribution in [0.25, 0.3) is 0 Å². The van der Waals surface area contributed by atoms with Crippen molar-refractivity contribution in [3.05, 3.63) is 35.9 Å². The summed E-state index contributed by atoms with van der Waals surface area (Å²) in [4.78, 5) is 29.6. The van der Waals surface area contributed by atoms with Crippen LogP contribution in [0.5, 0.6) is 0 Å². The van der Waals surface area contributed by atoms with Crippen molar-refractivity contribution >= 4 is 11.8 Å². The normalized spacial score (nSPS) is 20.6. The third-order valence-corrected chi connectivity index (χ3v) is 5.89. The second-order valence-electron chi connectivity index (χ2n) is 7.82. The number of carbonyl (C=O) groups excluding carboxylic acids is 2. The van der Waals surface area contributed by atoms with E-state index in [2.05, 4.69) is 29.3 Å². The van der Waals surface area contributed by atoms with Crippen molar-refractivity contribution in [1.82, 2.24) is 15.1 Å². The van der Waals surface area contributed by atoms with E-state index in [0.717, 1.165) is 51.7 Å². The summed E-state index contributed by atoms with van der Waals surface area (Å²) in [5.41, 5.74) is 1.20. The molecule has 2 amide bonds. The molecular formula is C22H33N3O2. The van der Waals surface area contributed by atoms with Crippen LogP contribution in [0.3, 0.4) is 0 Å². The van der Waals surface area contributed by atoms with Crippen LogP contribution in [0.4, 0.5) is 0 Å². The summed E-state index contributed by atoms with van der Waals surface area (Å²) < 4.78 is 0. The van der Waals surface area contributed by atoms with E-state index in [1.54, 1.807) is 0 Å². The van der Waals surface area contributed by atoms with Gasteiger partial charge in [0.1, 0.15) is 0 Å². The van der Waals surface area contributed by atoms with Crippen molar-refractivity contribution in [2.24, 2.45) is 5.92 Å². The highest BCUT2D eigenvalue weighted by atomic mass is 16.2. The van der Waals surface area contributed by atoms with Crippen LogP contribution in [0.15, 0.2) is 30.3 Å². The van der Waals surface area contributed by atoms with Gasteiger partial charge in [-0.3, -0.25) is 9.59 Å². The number of benzene rings is 1. The summed E-state index contributed by atoms with van der Waals surface area (Å²) >= 11 is 0. The molecule has 148 valence electrons. The molecule has 5 nitrogen and oxygen atoms in total. The summed E-state index contributed by atoms with van der Waals surface area (Å²) in [6.45, 7) is 6.34. The Bertz CT molecular complexity index is 605. The summed E-state index contributed by atoms with van der Waals surface area (Å²) in [7, 11) is 0. The van der Waals surface area contributed by atoms with Crippen LogP contribution in [0.1, 0.15) is 44.6 Å². The predicted octanol–water partition coefficient (Wildman–Crippen LogP) is 2.46. The highest BCUT2D eigenvalue weighted by Crippen LogP contribution is 2.23. The van der Waals surface area contributed by atoms with E-state index in [4.69, 9.17) is 0 Å². The molecule has 1 aromatic carbocycles. The zero-order valence-corrected chi connectivity index (χ0v) is 16.5. The standard InChI is InChI=1S/C22H33N3O2/c1-2-14-25(20-10-13-23-17-20)22(27)19-11-15-24(16-12-19)21(26)9-8-18-6-4-3-5-7-18/h3-7,19-20,23H,2,8-17H2,1H3. The van der Waals surface area contributed by atoms with E-state index in [1.165, 1.54) is 5.56 Å². The first-order valence-electron chi connectivity index (χ1n) is 10.5.